The first kappa shape index (κ1) is 33.5. The average Bonchev–Trinajstić information content (AvgIpc) is 3.81. The summed E-state index contributed by atoms with van der Waals surface area (Å²) < 4.78 is 9.08. The van der Waals surface area contributed by atoms with E-state index >= 15 is 0 Å². The van der Waals surface area contributed by atoms with Crippen LogP contribution >= 0.6 is 11.3 Å². The van der Waals surface area contributed by atoms with Crippen molar-refractivity contribution in [3.05, 3.63) is 133 Å². The molecule has 0 aliphatic rings. The summed E-state index contributed by atoms with van der Waals surface area (Å²) >= 11 is 1.85. The van der Waals surface area contributed by atoms with Gasteiger partial charge in [-0.2, -0.15) is 0 Å². The predicted molar refractivity (Wildman–Crippen MR) is 248 cm³/mol. The van der Waals surface area contributed by atoms with Crippen LogP contribution in [0.4, 0.5) is 0 Å². The van der Waals surface area contributed by atoms with Crippen molar-refractivity contribution in [1.82, 2.24) is 15.0 Å². The van der Waals surface area contributed by atoms with Crippen LogP contribution in [0.25, 0.3) is 98.5 Å². The van der Waals surface area contributed by atoms with Crippen molar-refractivity contribution in [2.45, 2.75) is 0 Å². The molecule has 10 rings (SSSR count). The third-order valence-corrected chi connectivity index (χ3v) is 12.8. The van der Waals surface area contributed by atoms with Crippen molar-refractivity contribution >= 4 is 120 Å². The Morgan fingerprint density at radius 3 is 1.76 bits per heavy atom. The van der Waals surface area contributed by atoms with Crippen LogP contribution in [-0.2, 0) is 0 Å². The zero-order valence-corrected chi connectivity index (χ0v) is 32.2. The fourth-order valence-electron chi connectivity index (χ4n) is 8.22. The van der Waals surface area contributed by atoms with Gasteiger partial charge >= 0.3 is 0 Å². The van der Waals surface area contributed by atoms with Crippen molar-refractivity contribution in [2.24, 2.45) is 0 Å². The second kappa shape index (κ2) is 13.0. The van der Waals surface area contributed by atoms with E-state index in [1.54, 1.807) is 0 Å². The number of fused-ring (bicyclic) bond motifs is 6. The number of hydrogen-bond acceptors (Lipinski definition) is 5. The molecule has 0 amide bonds. The second-order valence-electron chi connectivity index (χ2n) is 14.5. The molecule has 3 aromatic heterocycles. The summed E-state index contributed by atoms with van der Waals surface area (Å²) in [6.45, 7) is 0. The summed E-state index contributed by atoms with van der Waals surface area (Å²) in [6.07, 6.45) is 0. The SMILES string of the molecule is Bc1c(B)c(B)c(-c2ccc(-c3nc(-c4ccccc4)nc(-c4cccc5oc6ccc(-c7cccc8c7sc7ccccc78)cc6c45)n3)cc2)c(B)c1B. The Labute approximate surface area is 327 Å². The Kier molecular flexibility index (Phi) is 7.93. The second-order valence-corrected chi connectivity index (χ2v) is 15.6. The predicted octanol–water partition coefficient (Wildman–Crippen LogP) is 3.77. The average molecular weight is 717 g/mol. The van der Waals surface area contributed by atoms with Gasteiger partial charge in [0.25, 0.3) is 0 Å². The lowest BCUT2D eigenvalue weighted by molar-refractivity contribution is 0.669. The Hall–Kier alpha value is -6.11. The molecule has 4 nitrogen and oxygen atoms in total. The molecule has 0 saturated carbocycles. The van der Waals surface area contributed by atoms with Gasteiger partial charge in [-0.15, -0.1) is 27.7 Å². The van der Waals surface area contributed by atoms with E-state index in [1.165, 1.54) is 64.2 Å². The molecule has 0 fully saturated rings. The summed E-state index contributed by atoms with van der Waals surface area (Å²) in [5, 5.41) is 4.60. The number of hydrogen-bond donors (Lipinski definition) is 0. The van der Waals surface area contributed by atoms with E-state index in [0.717, 1.165) is 44.2 Å². The van der Waals surface area contributed by atoms with E-state index in [0.29, 0.717) is 17.5 Å². The highest BCUT2D eigenvalue weighted by molar-refractivity contribution is 7.26. The highest BCUT2D eigenvalue weighted by Crippen LogP contribution is 2.42. The van der Waals surface area contributed by atoms with E-state index in [9.17, 15) is 0 Å². The van der Waals surface area contributed by atoms with Gasteiger partial charge in [0, 0.05) is 47.6 Å². The maximum absolute atomic E-state index is 6.50. The van der Waals surface area contributed by atoms with E-state index < -0.39 is 0 Å². The minimum atomic E-state index is 0.606. The number of nitrogens with zero attached hydrogens (tertiary/aromatic N) is 3. The van der Waals surface area contributed by atoms with Gasteiger partial charge in [-0.1, -0.05) is 120 Å². The van der Waals surface area contributed by atoms with Gasteiger partial charge < -0.3 is 4.42 Å². The quantitative estimate of drug-likeness (QED) is 0.255. The molecule has 7 aromatic carbocycles. The van der Waals surface area contributed by atoms with E-state index in [-0.39, 0.29) is 0 Å². The maximum atomic E-state index is 6.50. The number of benzene rings is 7. The highest BCUT2D eigenvalue weighted by Gasteiger charge is 2.20. The highest BCUT2D eigenvalue weighted by atomic mass is 32.1. The largest absolute Gasteiger partial charge is 0.456 e. The standard InChI is InChI=1S/C45H32B5N3OS/c46-37-35(38(47)40(49)41(50)39(37)48)23-16-18-25(19-17-23)44-51-43(24-8-2-1-3-9-24)52-45(53-44)30-13-7-14-33-36(30)31-22-26(20-21-32(31)54-33)27-11-6-12-29-28-10-4-5-15-34(28)55-42(27)29/h1-22H,46-50H2. The van der Waals surface area contributed by atoms with Crippen molar-refractivity contribution in [2.75, 3.05) is 0 Å². The first-order valence-corrected chi connectivity index (χ1v) is 19.5. The zero-order valence-electron chi connectivity index (χ0n) is 31.4. The fourth-order valence-corrected chi connectivity index (χ4v) is 9.45. The molecular weight excluding hydrogens is 685 g/mol. The van der Waals surface area contributed by atoms with Crippen LogP contribution < -0.4 is 27.3 Å². The summed E-state index contributed by atoms with van der Waals surface area (Å²) in [7, 11) is 11.1. The van der Waals surface area contributed by atoms with Crippen LogP contribution in [0.5, 0.6) is 0 Å². The number of furan rings is 1. The molecule has 0 saturated heterocycles. The Morgan fingerprint density at radius 1 is 0.418 bits per heavy atom. The van der Waals surface area contributed by atoms with E-state index in [2.05, 4.69) is 130 Å². The molecule has 0 radical (unpaired) electrons. The first-order valence-electron chi connectivity index (χ1n) is 18.7. The lowest BCUT2D eigenvalue weighted by Crippen LogP contribution is -2.55. The molecule has 55 heavy (non-hydrogen) atoms. The Morgan fingerprint density at radius 2 is 1.00 bits per heavy atom. The van der Waals surface area contributed by atoms with Gasteiger partial charge in [0.2, 0.25) is 0 Å². The molecule has 0 atom stereocenters. The van der Waals surface area contributed by atoms with Gasteiger partial charge in [0.1, 0.15) is 50.4 Å². The summed E-state index contributed by atoms with van der Waals surface area (Å²) in [6, 6.07) is 46.8. The summed E-state index contributed by atoms with van der Waals surface area (Å²) in [5.41, 5.74) is 16.0. The zero-order chi connectivity index (χ0) is 37.4. The summed E-state index contributed by atoms with van der Waals surface area (Å²) in [4.78, 5) is 15.4. The fraction of sp³-hybridized carbons (Fsp3) is 0. The normalized spacial score (nSPS) is 11.6. The van der Waals surface area contributed by atoms with Crippen LogP contribution in [0.1, 0.15) is 0 Å². The summed E-state index contributed by atoms with van der Waals surface area (Å²) in [5.74, 6) is 1.86. The molecule has 0 N–H and O–H groups in total. The van der Waals surface area contributed by atoms with Gasteiger partial charge in [-0.3, -0.25) is 0 Å². The molecule has 254 valence electrons. The first-order chi connectivity index (χ1) is 26.8. The van der Waals surface area contributed by atoms with Crippen LogP contribution in [0.3, 0.4) is 0 Å². The number of aromatic nitrogens is 3. The Balaban J connectivity index is 1.14. The van der Waals surface area contributed by atoms with E-state index in [1.807, 2.05) is 53.8 Å². The molecule has 0 aliphatic heterocycles. The molecule has 10 aromatic rings. The smallest absolute Gasteiger partial charge is 0.164 e. The third kappa shape index (κ3) is 5.46. The molecule has 3 heterocycles. The van der Waals surface area contributed by atoms with Crippen molar-refractivity contribution in [3.8, 4) is 56.4 Å². The van der Waals surface area contributed by atoms with Gasteiger partial charge in [-0.05, 0) is 46.5 Å². The molecule has 0 aliphatic carbocycles. The third-order valence-electron chi connectivity index (χ3n) is 11.6. The van der Waals surface area contributed by atoms with Gasteiger partial charge in [-0.25, -0.2) is 15.0 Å². The van der Waals surface area contributed by atoms with Gasteiger partial charge in [0.15, 0.2) is 17.5 Å². The lowest BCUT2D eigenvalue weighted by Gasteiger charge is -2.20. The topological polar surface area (TPSA) is 51.8 Å². The molecule has 0 bridgehead atoms. The molecule has 10 heteroatoms. The molecule has 0 unspecified atom stereocenters. The minimum Gasteiger partial charge on any atom is -0.456 e. The Bertz CT molecular complexity index is 3130. The molecular formula is C45H32B5N3OS. The number of thiophene rings is 1. The monoisotopic (exact) mass is 717 g/mol. The van der Waals surface area contributed by atoms with Gasteiger partial charge in [0.05, 0.1) is 0 Å². The van der Waals surface area contributed by atoms with Crippen molar-refractivity contribution in [3.63, 3.8) is 0 Å². The van der Waals surface area contributed by atoms with Crippen LogP contribution in [0.15, 0.2) is 138 Å². The van der Waals surface area contributed by atoms with Crippen LogP contribution in [-0.4, -0.2) is 54.2 Å². The van der Waals surface area contributed by atoms with E-state index in [4.69, 9.17) is 19.4 Å². The number of rotatable bonds is 5. The van der Waals surface area contributed by atoms with Crippen molar-refractivity contribution in [1.29, 1.82) is 0 Å². The molecule has 0 spiro atoms. The van der Waals surface area contributed by atoms with Crippen LogP contribution in [0, 0.1) is 0 Å². The lowest BCUT2D eigenvalue weighted by atomic mass is 9.59. The maximum Gasteiger partial charge on any atom is 0.164 e. The minimum absolute atomic E-state index is 0.606. The van der Waals surface area contributed by atoms with Crippen molar-refractivity contribution < 1.29 is 4.42 Å². The van der Waals surface area contributed by atoms with Crippen LogP contribution in [0.2, 0.25) is 0 Å².